The first-order valence-electron chi connectivity index (χ1n) is 8.29. The number of thiophene rings is 1. The van der Waals surface area contributed by atoms with Crippen LogP contribution in [0.4, 0.5) is 11.5 Å². The molecule has 26 heavy (non-hydrogen) atoms. The number of anilines is 2. The van der Waals surface area contributed by atoms with Crippen LogP contribution in [0.1, 0.15) is 11.8 Å². The van der Waals surface area contributed by atoms with Crippen LogP contribution in [0.25, 0.3) is 0 Å². The Bertz CT molecular complexity index is 925. The molecule has 0 bridgehead atoms. The van der Waals surface area contributed by atoms with Crippen molar-refractivity contribution in [3.63, 3.8) is 0 Å². The molecule has 0 amide bonds. The molecule has 0 unspecified atom stereocenters. The molecular weight excluding hydrogens is 366 g/mol. The van der Waals surface area contributed by atoms with Crippen LogP contribution in [0.3, 0.4) is 0 Å². The van der Waals surface area contributed by atoms with Crippen LogP contribution in [0.5, 0.6) is 0 Å². The van der Waals surface area contributed by atoms with E-state index in [0.717, 1.165) is 12.4 Å². The van der Waals surface area contributed by atoms with Gasteiger partial charge >= 0.3 is 0 Å². The van der Waals surface area contributed by atoms with Crippen LogP contribution >= 0.6 is 11.3 Å². The standard InChI is InChI=1S/C19H21N3O2S2/c1-3-22(16-8-5-4-6-9-16)26(23,24)18-11-12-19(20-14-18)21(2)15-17-10-7-13-25-17/h4-14H,3,15H2,1-2H3. The number of pyridine rings is 1. The molecule has 136 valence electrons. The molecule has 3 aromatic rings. The Kier molecular flexibility index (Phi) is 5.58. The highest BCUT2D eigenvalue weighted by Crippen LogP contribution is 2.24. The number of rotatable bonds is 7. The number of nitrogens with zero attached hydrogens (tertiary/aromatic N) is 3. The normalized spacial score (nSPS) is 11.3. The van der Waals surface area contributed by atoms with Crippen LogP contribution in [0, 0.1) is 0 Å². The van der Waals surface area contributed by atoms with E-state index in [1.54, 1.807) is 35.6 Å². The minimum Gasteiger partial charge on any atom is -0.355 e. The van der Waals surface area contributed by atoms with E-state index >= 15 is 0 Å². The highest BCUT2D eigenvalue weighted by Gasteiger charge is 2.24. The molecule has 0 N–H and O–H groups in total. The lowest BCUT2D eigenvalue weighted by Gasteiger charge is -2.23. The Labute approximate surface area is 158 Å². The molecule has 0 radical (unpaired) electrons. The van der Waals surface area contributed by atoms with Gasteiger partial charge in [0.2, 0.25) is 0 Å². The third-order valence-electron chi connectivity index (χ3n) is 4.00. The molecule has 0 atom stereocenters. The predicted molar refractivity (Wildman–Crippen MR) is 107 cm³/mol. The van der Waals surface area contributed by atoms with Crippen molar-refractivity contribution in [1.82, 2.24) is 4.98 Å². The SMILES string of the molecule is CCN(c1ccccc1)S(=O)(=O)c1ccc(N(C)Cc2cccs2)nc1. The topological polar surface area (TPSA) is 53.5 Å². The van der Waals surface area contributed by atoms with Gasteiger partial charge in [0, 0.05) is 24.7 Å². The van der Waals surface area contributed by atoms with Gasteiger partial charge in [-0.1, -0.05) is 24.3 Å². The first kappa shape index (κ1) is 18.4. The van der Waals surface area contributed by atoms with Gasteiger partial charge in [0.25, 0.3) is 10.0 Å². The molecule has 2 aromatic heterocycles. The molecule has 0 aliphatic carbocycles. The second kappa shape index (κ2) is 7.88. The molecule has 0 spiro atoms. The van der Waals surface area contributed by atoms with Crippen molar-refractivity contribution in [2.45, 2.75) is 18.4 Å². The van der Waals surface area contributed by atoms with Gasteiger partial charge < -0.3 is 4.90 Å². The van der Waals surface area contributed by atoms with E-state index in [4.69, 9.17) is 0 Å². The maximum Gasteiger partial charge on any atom is 0.265 e. The number of para-hydroxylation sites is 1. The van der Waals surface area contributed by atoms with Gasteiger partial charge in [-0.25, -0.2) is 13.4 Å². The maximum absolute atomic E-state index is 13.0. The summed E-state index contributed by atoms with van der Waals surface area (Å²) in [6, 6.07) is 16.5. The van der Waals surface area contributed by atoms with E-state index < -0.39 is 10.0 Å². The number of hydrogen-bond acceptors (Lipinski definition) is 5. The zero-order chi connectivity index (χ0) is 18.6. The van der Waals surface area contributed by atoms with Crippen molar-refractivity contribution >= 4 is 32.9 Å². The Balaban J connectivity index is 1.82. The van der Waals surface area contributed by atoms with Crippen molar-refractivity contribution in [1.29, 1.82) is 0 Å². The van der Waals surface area contributed by atoms with Crippen molar-refractivity contribution in [2.24, 2.45) is 0 Å². The molecule has 3 rings (SSSR count). The average molecular weight is 388 g/mol. The minimum absolute atomic E-state index is 0.191. The summed E-state index contributed by atoms with van der Waals surface area (Å²) < 4.78 is 27.3. The fourth-order valence-corrected chi connectivity index (χ4v) is 4.86. The summed E-state index contributed by atoms with van der Waals surface area (Å²) in [7, 11) is -1.70. The van der Waals surface area contributed by atoms with Crippen LogP contribution < -0.4 is 9.21 Å². The van der Waals surface area contributed by atoms with Crippen molar-refractivity contribution in [2.75, 3.05) is 22.8 Å². The first-order valence-corrected chi connectivity index (χ1v) is 10.6. The van der Waals surface area contributed by atoms with Crippen LogP contribution in [0.2, 0.25) is 0 Å². The summed E-state index contributed by atoms with van der Waals surface area (Å²) in [6.07, 6.45) is 1.43. The van der Waals surface area contributed by atoms with E-state index in [1.807, 2.05) is 48.5 Å². The maximum atomic E-state index is 13.0. The second-order valence-electron chi connectivity index (χ2n) is 5.79. The zero-order valence-electron chi connectivity index (χ0n) is 14.7. The first-order chi connectivity index (χ1) is 12.5. The highest BCUT2D eigenvalue weighted by atomic mass is 32.2. The van der Waals surface area contributed by atoms with Crippen LogP contribution in [-0.2, 0) is 16.6 Å². The summed E-state index contributed by atoms with van der Waals surface area (Å²) >= 11 is 1.69. The highest BCUT2D eigenvalue weighted by molar-refractivity contribution is 7.92. The van der Waals surface area contributed by atoms with Crippen molar-refractivity contribution < 1.29 is 8.42 Å². The third kappa shape index (κ3) is 3.89. The monoisotopic (exact) mass is 387 g/mol. The lowest BCUT2D eigenvalue weighted by atomic mass is 10.3. The molecule has 0 fully saturated rings. The van der Waals surface area contributed by atoms with Crippen molar-refractivity contribution in [3.05, 3.63) is 71.1 Å². The Hall–Kier alpha value is -2.38. The van der Waals surface area contributed by atoms with Gasteiger partial charge in [0.15, 0.2) is 0 Å². The Morgan fingerprint density at radius 2 is 1.81 bits per heavy atom. The zero-order valence-corrected chi connectivity index (χ0v) is 16.4. The smallest absolute Gasteiger partial charge is 0.265 e. The van der Waals surface area contributed by atoms with Gasteiger partial charge in [-0.15, -0.1) is 11.3 Å². The molecule has 7 heteroatoms. The van der Waals surface area contributed by atoms with Crippen LogP contribution in [0.15, 0.2) is 71.1 Å². The van der Waals surface area contributed by atoms with Gasteiger partial charge in [0.1, 0.15) is 10.7 Å². The molecule has 0 aliphatic heterocycles. The summed E-state index contributed by atoms with van der Waals surface area (Å²) in [5.41, 5.74) is 0.647. The van der Waals surface area contributed by atoms with Gasteiger partial charge in [-0.2, -0.15) is 0 Å². The average Bonchev–Trinajstić information content (AvgIpc) is 3.16. The fraction of sp³-hybridized carbons (Fsp3) is 0.211. The summed E-state index contributed by atoms with van der Waals surface area (Å²) in [6.45, 7) is 2.91. The second-order valence-corrected chi connectivity index (χ2v) is 8.69. The molecule has 5 nitrogen and oxygen atoms in total. The minimum atomic E-state index is -3.64. The van der Waals surface area contributed by atoms with E-state index in [0.29, 0.717) is 12.2 Å². The lowest BCUT2D eigenvalue weighted by Crippen LogP contribution is -2.30. The number of sulfonamides is 1. The summed E-state index contributed by atoms with van der Waals surface area (Å²) in [5.74, 6) is 0.736. The Morgan fingerprint density at radius 3 is 2.38 bits per heavy atom. The number of aromatic nitrogens is 1. The molecule has 0 saturated carbocycles. The van der Waals surface area contributed by atoms with E-state index in [2.05, 4.69) is 11.1 Å². The van der Waals surface area contributed by atoms with Crippen LogP contribution in [-0.4, -0.2) is 27.0 Å². The number of benzene rings is 1. The molecule has 1 aromatic carbocycles. The van der Waals surface area contributed by atoms with E-state index in [1.165, 1.54) is 15.4 Å². The van der Waals surface area contributed by atoms with E-state index in [9.17, 15) is 8.42 Å². The molecule has 2 heterocycles. The van der Waals surface area contributed by atoms with E-state index in [-0.39, 0.29) is 4.90 Å². The summed E-state index contributed by atoms with van der Waals surface area (Å²) in [5, 5.41) is 2.04. The van der Waals surface area contributed by atoms with Gasteiger partial charge in [-0.3, -0.25) is 4.31 Å². The molecule has 0 saturated heterocycles. The Morgan fingerprint density at radius 1 is 1.04 bits per heavy atom. The third-order valence-corrected chi connectivity index (χ3v) is 6.75. The molecular formula is C19H21N3O2S2. The fourth-order valence-electron chi connectivity index (χ4n) is 2.68. The largest absolute Gasteiger partial charge is 0.355 e. The van der Waals surface area contributed by atoms with Gasteiger partial charge in [0.05, 0.1) is 12.2 Å². The van der Waals surface area contributed by atoms with Crippen molar-refractivity contribution in [3.8, 4) is 0 Å². The predicted octanol–water partition coefficient (Wildman–Crippen LogP) is 3.99. The lowest BCUT2D eigenvalue weighted by molar-refractivity contribution is 0.591. The molecule has 0 aliphatic rings. The number of hydrogen-bond donors (Lipinski definition) is 0. The summed E-state index contributed by atoms with van der Waals surface area (Å²) in [4.78, 5) is 7.78. The van der Waals surface area contributed by atoms with Gasteiger partial charge in [-0.05, 0) is 42.6 Å². The quantitative estimate of drug-likeness (QED) is 0.615.